The van der Waals surface area contributed by atoms with Crippen molar-refractivity contribution >= 4 is 0 Å². The average molecular weight is 283 g/mol. The van der Waals surface area contributed by atoms with Crippen LogP contribution >= 0.6 is 0 Å². The van der Waals surface area contributed by atoms with Gasteiger partial charge < -0.3 is 0 Å². The Balaban J connectivity index is 3.01. The number of hydrogen-bond donors (Lipinski definition) is 0. The zero-order chi connectivity index (χ0) is 14.9. The Morgan fingerprint density at radius 2 is 1.15 bits per heavy atom. The van der Waals surface area contributed by atoms with Crippen molar-refractivity contribution in [2.75, 3.05) is 0 Å². The summed E-state index contributed by atoms with van der Waals surface area (Å²) >= 11 is 0. The molecule has 0 heterocycles. The number of hydrogen-bond acceptors (Lipinski definition) is 2. The van der Waals surface area contributed by atoms with Crippen molar-refractivity contribution in [1.82, 2.24) is 0 Å². The van der Waals surface area contributed by atoms with Crippen LogP contribution in [0.2, 0.25) is 0 Å². The van der Waals surface area contributed by atoms with Gasteiger partial charge >= 0.3 is 0 Å². The highest BCUT2D eigenvalue weighted by atomic mass is 16.6. The summed E-state index contributed by atoms with van der Waals surface area (Å²) in [6.45, 7) is 2.26. The predicted molar refractivity (Wildman–Crippen MR) is 86.4 cm³/mol. The highest BCUT2D eigenvalue weighted by Gasteiger charge is 1.93. The number of unbranched alkanes of at least 4 members (excludes halogenated alkanes) is 13. The molecule has 0 N–H and O–H groups in total. The Labute approximate surface area is 125 Å². The summed E-state index contributed by atoms with van der Waals surface area (Å²) in [7, 11) is 0. The van der Waals surface area contributed by atoms with Gasteiger partial charge in [0.1, 0.15) is 0 Å². The Hall–Kier alpha value is -0.860. The quantitative estimate of drug-likeness (QED) is 0.202. The molecule has 0 amide bonds. The molecule has 118 valence electrons. The second-order valence-electron chi connectivity index (χ2n) is 5.70. The van der Waals surface area contributed by atoms with Gasteiger partial charge in [-0.2, -0.15) is 0 Å². The summed E-state index contributed by atoms with van der Waals surface area (Å²) in [6.07, 6.45) is 21.0. The highest BCUT2D eigenvalue weighted by Crippen LogP contribution is 2.12. The van der Waals surface area contributed by atoms with E-state index in [0.29, 0.717) is 0 Å². The van der Waals surface area contributed by atoms with Crippen molar-refractivity contribution in [3.05, 3.63) is 22.4 Å². The lowest BCUT2D eigenvalue weighted by atomic mass is 10.0. The molecule has 0 aliphatic rings. The summed E-state index contributed by atoms with van der Waals surface area (Å²) in [6, 6.07) is 0. The Morgan fingerprint density at radius 3 is 1.55 bits per heavy atom. The molecule has 3 nitrogen and oxygen atoms in total. The van der Waals surface area contributed by atoms with Crippen molar-refractivity contribution in [2.45, 2.75) is 96.8 Å². The van der Waals surface area contributed by atoms with Crippen LogP contribution in [-0.2, 0) is 0 Å². The molecule has 0 unspecified atom stereocenters. The van der Waals surface area contributed by atoms with Crippen LogP contribution in [0, 0.1) is 10.1 Å². The SMILES string of the molecule is CCCCCCCCCCCCCCCC=C[N+](=O)[O-]. The van der Waals surface area contributed by atoms with Crippen LogP contribution in [-0.4, -0.2) is 4.92 Å². The van der Waals surface area contributed by atoms with Gasteiger partial charge in [-0.25, -0.2) is 0 Å². The molecule has 0 saturated carbocycles. The van der Waals surface area contributed by atoms with Gasteiger partial charge in [0.05, 0.1) is 4.92 Å². The van der Waals surface area contributed by atoms with Crippen LogP contribution in [0.25, 0.3) is 0 Å². The van der Waals surface area contributed by atoms with Crippen molar-refractivity contribution in [3.63, 3.8) is 0 Å². The molecule has 0 fully saturated rings. The third-order valence-electron chi connectivity index (χ3n) is 3.70. The van der Waals surface area contributed by atoms with Crippen LogP contribution in [0.3, 0.4) is 0 Å². The monoisotopic (exact) mass is 283 g/mol. The second-order valence-corrected chi connectivity index (χ2v) is 5.70. The van der Waals surface area contributed by atoms with E-state index >= 15 is 0 Å². The van der Waals surface area contributed by atoms with Crippen molar-refractivity contribution in [3.8, 4) is 0 Å². The minimum Gasteiger partial charge on any atom is -0.259 e. The highest BCUT2D eigenvalue weighted by molar-refractivity contribution is 4.71. The zero-order valence-corrected chi connectivity index (χ0v) is 13.3. The van der Waals surface area contributed by atoms with E-state index in [-0.39, 0.29) is 4.92 Å². The minimum absolute atomic E-state index is 0.387. The molecule has 0 aliphatic heterocycles. The zero-order valence-electron chi connectivity index (χ0n) is 13.3. The second kappa shape index (κ2) is 16.2. The molecule has 0 radical (unpaired) electrons. The summed E-state index contributed by atoms with van der Waals surface area (Å²) in [5.74, 6) is 0. The van der Waals surface area contributed by atoms with Crippen molar-refractivity contribution < 1.29 is 4.92 Å². The molecule has 3 heteroatoms. The maximum absolute atomic E-state index is 10.1. The van der Waals surface area contributed by atoms with Crippen LogP contribution in [0.5, 0.6) is 0 Å². The average Bonchev–Trinajstić information content (AvgIpc) is 2.43. The first-order chi connectivity index (χ1) is 9.77. The molecule has 0 spiro atoms. The number of allylic oxidation sites excluding steroid dienone is 1. The first-order valence-corrected chi connectivity index (χ1v) is 8.57. The van der Waals surface area contributed by atoms with Gasteiger partial charge in [0.15, 0.2) is 0 Å². The maximum Gasteiger partial charge on any atom is 0.230 e. The third kappa shape index (κ3) is 17.1. The molecule has 0 aromatic rings. The molecule has 0 aliphatic carbocycles. The van der Waals surface area contributed by atoms with Gasteiger partial charge in [-0.15, -0.1) is 0 Å². The lowest BCUT2D eigenvalue weighted by Gasteiger charge is -2.02. The van der Waals surface area contributed by atoms with Gasteiger partial charge in [0, 0.05) is 0 Å². The third-order valence-corrected chi connectivity index (χ3v) is 3.70. The number of nitro groups is 1. The lowest BCUT2D eigenvalue weighted by Crippen LogP contribution is -1.84. The number of nitrogens with zero attached hydrogens (tertiary/aromatic N) is 1. The fourth-order valence-corrected chi connectivity index (χ4v) is 2.44. The number of rotatable bonds is 15. The van der Waals surface area contributed by atoms with Crippen LogP contribution in [0.4, 0.5) is 0 Å². The van der Waals surface area contributed by atoms with E-state index in [4.69, 9.17) is 0 Å². The maximum atomic E-state index is 10.1. The lowest BCUT2D eigenvalue weighted by molar-refractivity contribution is -0.402. The van der Waals surface area contributed by atoms with Crippen LogP contribution in [0.1, 0.15) is 96.8 Å². The Morgan fingerprint density at radius 1 is 0.750 bits per heavy atom. The van der Waals surface area contributed by atoms with E-state index in [2.05, 4.69) is 6.92 Å². The molecule has 0 atom stereocenters. The first-order valence-electron chi connectivity index (χ1n) is 8.57. The predicted octanol–water partition coefficient (Wildman–Crippen LogP) is 6.26. The summed E-state index contributed by atoms with van der Waals surface area (Å²) in [4.78, 5) is 9.67. The molecule has 0 bridgehead atoms. The van der Waals surface area contributed by atoms with Crippen molar-refractivity contribution in [1.29, 1.82) is 0 Å². The molecule has 0 saturated heterocycles. The molecule has 0 rings (SSSR count). The Kier molecular flexibility index (Phi) is 15.5. The smallest absolute Gasteiger partial charge is 0.230 e. The van der Waals surface area contributed by atoms with E-state index in [0.717, 1.165) is 19.0 Å². The molecule has 0 aromatic heterocycles. The summed E-state index contributed by atoms with van der Waals surface area (Å²) in [5, 5.41) is 10.1. The topological polar surface area (TPSA) is 43.1 Å². The standard InChI is InChI=1S/C17H33NO2/c1-2-3-4-5-6-7-8-9-10-11-12-13-14-15-16-17-18(19)20/h16-17H,2-15H2,1H3. The normalized spacial score (nSPS) is 11.2. The molecule has 20 heavy (non-hydrogen) atoms. The Bertz CT molecular complexity index is 239. The van der Waals surface area contributed by atoms with Crippen LogP contribution in [0.15, 0.2) is 12.3 Å². The summed E-state index contributed by atoms with van der Waals surface area (Å²) in [5.41, 5.74) is 0. The van der Waals surface area contributed by atoms with Gasteiger partial charge in [-0.3, -0.25) is 10.1 Å². The fourth-order valence-electron chi connectivity index (χ4n) is 2.44. The van der Waals surface area contributed by atoms with E-state index in [1.807, 2.05) is 0 Å². The van der Waals surface area contributed by atoms with E-state index < -0.39 is 0 Å². The molecular formula is C17H33NO2. The van der Waals surface area contributed by atoms with Gasteiger partial charge in [-0.05, 0) is 18.9 Å². The van der Waals surface area contributed by atoms with Gasteiger partial charge in [-0.1, -0.05) is 84.0 Å². The largest absolute Gasteiger partial charge is 0.259 e. The molecule has 0 aromatic carbocycles. The van der Waals surface area contributed by atoms with E-state index in [1.54, 1.807) is 6.08 Å². The molecular weight excluding hydrogens is 250 g/mol. The van der Waals surface area contributed by atoms with E-state index in [1.165, 1.54) is 77.0 Å². The van der Waals surface area contributed by atoms with Gasteiger partial charge in [0.25, 0.3) is 0 Å². The van der Waals surface area contributed by atoms with Crippen molar-refractivity contribution in [2.24, 2.45) is 0 Å². The first kappa shape index (κ1) is 19.1. The van der Waals surface area contributed by atoms with Gasteiger partial charge in [0.2, 0.25) is 6.20 Å². The van der Waals surface area contributed by atoms with E-state index in [9.17, 15) is 10.1 Å². The van der Waals surface area contributed by atoms with Crippen LogP contribution < -0.4 is 0 Å². The minimum atomic E-state index is -0.387. The fraction of sp³-hybridized carbons (Fsp3) is 0.882. The summed E-state index contributed by atoms with van der Waals surface area (Å²) < 4.78 is 0.